The normalized spacial score (nSPS) is 20.2. The van der Waals surface area contributed by atoms with Crippen LogP contribution < -0.4 is 5.32 Å². The molecule has 1 aromatic heterocycles. The minimum absolute atomic E-state index is 0.00865. The minimum atomic E-state index is -0.435. The number of aromatic nitrogens is 1. The van der Waals surface area contributed by atoms with Gasteiger partial charge in [-0.1, -0.05) is 6.92 Å². The van der Waals surface area contributed by atoms with Crippen molar-refractivity contribution in [3.8, 4) is 0 Å². The molecule has 0 amide bonds. The number of morpholine rings is 1. The Labute approximate surface area is 111 Å². The van der Waals surface area contributed by atoms with E-state index in [-0.39, 0.29) is 11.8 Å². The first-order valence-electron chi connectivity index (χ1n) is 6.38. The Morgan fingerprint density at radius 1 is 1.68 bits per heavy atom. The van der Waals surface area contributed by atoms with Crippen LogP contribution in [0.4, 0.5) is 11.5 Å². The Kier molecular flexibility index (Phi) is 4.64. The van der Waals surface area contributed by atoms with Crippen LogP contribution in [0.3, 0.4) is 0 Å². The summed E-state index contributed by atoms with van der Waals surface area (Å²) in [7, 11) is 0. The molecule has 1 aromatic rings. The molecule has 1 atom stereocenters. The molecule has 0 aliphatic carbocycles. The summed E-state index contributed by atoms with van der Waals surface area (Å²) in [5, 5.41) is 13.9. The first-order chi connectivity index (χ1) is 9.20. The third kappa shape index (κ3) is 3.62. The summed E-state index contributed by atoms with van der Waals surface area (Å²) in [6, 6.07) is 2.99. The summed E-state index contributed by atoms with van der Waals surface area (Å²) in [4.78, 5) is 16.7. The number of ether oxygens (including phenoxy) is 1. The predicted molar refractivity (Wildman–Crippen MR) is 71.2 cm³/mol. The van der Waals surface area contributed by atoms with Gasteiger partial charge < -0.3 is 10.1 Å². The Bertz CT molecular complexity index is 441. The second-order valence-electron chi connectivity index (χ2n) is 4.40. The zero-order valence-electron chi connectivity index (χ0n) is 10.9. The topological polar surface area (TPSA) is 80.5 Å². The second kappa shape index (κ2) is 6.44. The molecule has 7 heteroatoms. The van der Waals surface area contributed by atoms with Crippen molar-refractivity contribution < 1.29 is 9.66 Å². The van der Waals surface area contributed by atoms with Crippen LogP contribution in [-0.4, -0.2) is 53.7 Å². The van der Waals surface area contributed by atoms with Crippen LogP contribution in [0.25, 0.3) is 0 Å². The van der Waals surface area contributed by atoms with Crippen LogP contribution in [0.1, 0.15) is 6.92 Å². The lowest BCUT2D eigenvalue weighted by molar-refractivity contribution is -0.384. The average molecular weight is 266 g/mol. The lowest BCUT2D eigenvalue weighted by Crippen LogP contribution is -2.45. The fourth-order valence-electron chi connectivity index (χ4n) is 2.08. The van der Waals surface area contributed by atoms with Crippen LogP contribution in [0, 0.1) is 10.1 Å². The zero-order valence-corrected chi connectivity index (χ0v) is 10.9. The van der Waals surface area contributed by atoms with Gasteiger partial charge in [-0.25, -0.2) is 4.98 Å². The molecule has 0 spiro atoms. The fourth-order valence-corrected chi connectivity index (χ4v) is 2.08. The zero-order chi connectivity index (χ0) is 13.7. The van der Waals surface area contributed by atoms with E-state index in [0.29, 0.717) is 19.0 Å². The maximum absolute atomic E-state index is 10.9. The molecular weight excluding hydrogens is 248 g/mol. The molecule has 2 rings (SSSR count). The molecule has 1 saturated heterocycles. The van der Waals surface area contributed by atoms with Gasteiger partial charge in [0.15, 0.2) is 0 Å². The van der Waals surface area contributed by atoms with Gasteiger partial charge >= 0.3 is 5.69 Å². The minimum Gasteiger partial charge on any atom is -0.374 e. The summed E-state index contributed by atoms with van der Waals surface area (Å²) in [5.41, 5.74) is -0.00865. The number of nitro groups is 1. The van der Waals surface area contributed by atoms with Crippen molar-refractivity contribution in [2.24, 2.45) is 0 Å². The van der Waals surface area contributed by atoms with Gasteiger partial charge in [0.05, 0.1) is 17.6 Å². The van der Waals surface area contributed by atoms with Crippen LogP contribution in [0.2, 0.25) is 0 Å². The largest absolute Gasteiger partial charge is 0.374 e. The third-order valence-corrected chi connectivity index (χ3v) is 3.15. The molecule has 7 nitrogen and oxygen atoms in total. The van der Waals surface area contributed by atoms with Crippen molar-refractivity contribution in [2.75, 3.05) is 38.1 Å². The summed E-state index contributed by atoms with van der Waals surface area (Å²) < 4.78 is 5.63. The molecule has 1 aliphatic heterocycles. The van der Waals surface area contributed by atoms with Gasteiger partial charge in [0.2, 0.25) is 5.82 Å². The van der Waals surface area contributed by atoms with E-state index in [1.807, 2.05) is 0 Å². The number of pyridine rings is 1. The number of hydrogen-bond acceptors (Lipinski definition) is 6. The maximum Gasteiger partial charge on any atom is 0.311 e. The SMILES string of the molecule is CCN1CCOC(CNc2ncccc2[N+](=O)[O-])C1. The van der Waals surface area contributed by atoms with E-state index in [1.165, 1.54) is 12.3 Å². The van der Waals surface area contributed by atoms with Crippen molar-refractivity contribution in [3.63, 3.8) is 0 Å². The first-order valence-corrected chi connectivity index (χ1v) is 6.38. The van der Waals surface area contributed by atoms with Gasteiger partial charge in [0, 0.05) is 31.9 Å². The van der Waals surface area contributed by atoms with Gasteiger partial charge in [-0.2, -0.15) is 0 Å². The molecular formula is C12H18N4O3. The summed E-state index contributed by atoms with van der Waals surface area (Å²) in [5.74, 6) is 0.296. The Morgan fingerprint density at radius 3 is 3.26 bits per heavy atom. The van der Waals surface area contributed by atoms with E-state index < -0.39 is 4.92 Å². The number of nitrogens with one attached hydrogen (secondary N) is 1. The average Bonchev–Trinajstić information content (AvgIpc) is 2.45. The lowest BCUT2D eigenvalue weighted by Gasteiger charge is -2.32. The number of nitrogens with zero attached hydrogens (tertiary/aromatic N) is 3. The van der Waals surface area contributed by atoms with Gasteiger partial charge in [-0.05, 0) is 12.6 Å². The standard InChI is InChI=1S/C12H18N4O3/c1-2-15-6-7-19-10(9-15)8-14-12-11(16(17)18)4-3-5-13-12/h3-5,10H,2,6-9H2,1H3,(H,13,14). The van der Waals surface area contributed by atoms with E-state index in [0.717, 1.165) is 19.6 Å². The van der Waals surface area contributed by atoms with Gasteiger partial charge in [-0.15, -0.1) is 0 Å². The van der Waals surface area contributed by atoms with Gasteiger partial charge in [0.25, 0.3) is 0 Å². The van der Waals surface area contributed by atoms with E-state index in [2.05, 4.69) is 22.1 Å². The van der Waals surface area contributed by atoms with Crippen molar-refractivity contribution >= 4 is 11.5 Å². The van der Waals surface area contributed by atoms with Crippen LogP contribution in [0.15, 0.2) is 18.3 Å². The van der Waals surface area contributed by atoms with Crippen LogP contribution in [0.5, 0.6) is 0 Å². The molecule has 19 heavy (non-hydrogen) atoms. The van der Waals surface area contributed by atoms with Crippen molar-refractivity contribution in [2.45, 2.75) is 13.0 Å². The lowest BCUT2D eigenvalue weighted by atomic mass is 10.2. The van der Waals surface area contributed by atoms with E-state index >= 15 is 0 Å². The summed E-state index contributed by atoms with van der Waals surface area (Å²) in [6.07, 6.45) is 1.57. The molecule has 0 saturated carbocycles. The second-order valence-corrected chi connectivity index (χ2v) is 4.40. The molecule has 1 unspecified atom stereocenters. The van der Waals surface area contributed by atoms with Crippen molar-refractivity contribution in [1.82, 2.24) is 9.88 Å². The molecule has 0 aromatic carbocycles. The van der Waals surface area contributed by atoms with E-state index in [4.69, 9.17) is 4.74 Å². The quantitative estimate of drug-likeness (QED) is 0.635. The first kappa shape index (κ1) is 13.7. The fraction of sp³-hybridized carbons (Fsp3) is 0.583. The highest BCUT2D eigenvalue weighted by Gasteiger charge is 2.21. The van der Waals surface area contributed by atoms with Crippen molar-refractivity contribution in [1.29, 1.82) is 0 Å². The smallest absolute Gasteiger partial charge is 0.311 e. The van der Waals surface area contributed by atoms with Crippen molar-refractivity contribution in [3.05, 3.63) is 28.4 Å². The van der Waals surface area contributed by atoms with E-state index in [9.17, 15) is 10.1 Å². The molecule has 1 aliphatic rings. The monoisotopic (exact) mass is 266 g/mol. The summed E-state index contributed by atoms with van der Waals surface area (Å²) >= 11 is 0. The Balaban J connectivity index is 1.93. The van der Waals surface area contributed by atoms with E-state index in [1.54, 1.807) is 6.07 Å². The van der Waals surface area contributed by atoms with Crippen LogP contribution in [-0.2, 0) is 4.74 Å². The maximum atomic E-state index is 10.9. The highest BCUT2D eigenvalue weighted by Crippen LogP contribution is 2.20. The van der Waals surface area contributed by atoms with Gasteiger partial charge in [-0.3, -0.25) is 15.0 Å². The molecule has 1 fully saturated rings. The molecule has 2 heterocycles. The third-order valence-electron chi connectivity index (χ3n) is 3.15. The number of anilines is 1. The highest BCUT2D eigenvalue weighted by molar-refractivity contribution is 5.55. The van der Waals surface area contributed by atoms with Gasteiger partial charge in [0.1, 0.15) is 0 Å². The Hall–Kier alpha value is -1.73. The highest BCUT2D eigenvalue weighted by atomic mass is 16.6. The number of rotatable bonds is 5. The molecule has 1 N–H and O–H groups in total. The Morgan fingerprint density at radius 2 is 2.53 bits per heavy atom. The summed E-state index contributed by atoms with van der Waals surface area (Å²) in [6.45, 7) is 6.10. The molecule has 0 bridgehead atoms. The number of hydrogen-bond donors (Lipinski definition) is 1. The predicted octanol–water partition coefficient (Wildman–Crippen LogP) is 1.12. The molecule has 104 valence electrons. The molecule has 0 radical (unpaired) electrons. The van der Waals surface area contributed by atoms with Crippen LogP contribution >= 0.6 is 0 Å². The number of likely N-dealkylation sites (N-methyl/N-ethyl adjacent to an activating group) is 1.